The van der Waals surface area contributed by atoms with Crippen LogP contribution in [0.4, 0.5) is 0 Å². The summed E-state index contributed by atoms with van der Waals surface area (Å²) in [6.45, 7) is 5.34. The fourth-order valence-electron chi connectivity index (χ4n) is 3.20. The zero-order valence-corrected chi connectivity index (χ0v) is 14.0. The molecule has 7 heteroatoms. The van der Waals surface area contributed by atoms with E-state index in [0.29, 0.717) is 55.3 Å². The number of nitrogens with zero attached hydrogens (tertiary/aromatic N) is 3. The topological polar surface area (TPSA) is 89.9 Å². The molecule has 0 spiro atoms. The van der Waals surface area contributed by atoms with E-state index in [0.717, 1.165) is 0 Å². The van der Waals surface area contributed by atoms with Crippen LogP contribution >= 0.6 is 0 Å². The number of fused-ring (bicyclic) bond motifs is 1. The molecule has 7 nitrogen and oxygen atoms in total. The molecule has 2 aromatic rings. The summed E-state index contributed by atoms with van der Waals surface area (Å²) in [7, 11) is 0. The Balaban J connectivity index is 1.89. The molecule has 3 rings (SSSR count). The van der Waals surface area contributed by atoms with Crippen molar-refractivity contribution < 1.29 is 14.3 Å². The smallest absolute Gasteiger partial charge is 0.272 e. The second-order valence-electron chi connectivity index (χ2n) is 6.01. The molecule has 0 aromatic carbocycles. The Morgan fingerprint density at radius 3 is 2.71 bits per heavy atom. The van der Waals surface area contributed by atoms with Gasteiger partial charge in [0.15, 0.2) is 11.4 Å². The van der Waals surface area contributed by atoms with Crippen LogP contribution in [0.1, 0.15) is 35.9 Å². The van der Waals surface area contributed by atoms with Gasteiger partial charge >= 0.3 is 0 Å². The van der Waals surface area contributed by atoms with Crippen LogP contribution in [-0.4, -0.2) is 45.8 Å². The Morgan fingerprint density at radius 2 is 2.08 bits per heavy atom. The summed E-state index contributed by atoms with van der Waals surface area (Å²) in [5, 5.41) is 0. The first-order valence-electron chi connectivity index (χ1n) is 8.22. The SMILES string of the molecule is CCOc1cccn2c(C(=O)N3CCC(C(N)=O)CC3)c(C)nc12. The van der Waals surface area contributed by atoms with Crippen molar-refractivity contribution in [3.8, 4) is 5.75 Å². The highest BCUT2D eigenvalue weighted by Gasteiger charge is 2.29. The van der Waals surface area contributed by atoms with E-state index in [1.807, 2.05) is 32.2 Å². The summed E-state index contributed by atoms with van der Waals surface area (Å²) in [4.78, 5) is 30.5. The number of primary amides is 1. The number of imidazole rings is 1. The number of hydrogen-bond acceptors (Lipinski definition) is 4. The molecular weight excluding hydrogens is 308 g/mol. The predicted molar refractivity (Wildman–Crippen MR) is 88.9 cm³/mol. The van der Waals surface area contributed by atoms with E-state index in [1.165, 1.54) is 0 Å². The Labute approximate surface area is 140 Å². The van der Waals surface area contributed by atoms with E-state index in [-0.39, 0.29) is 17.7 Å². The normalized spacial score (nSPS) is 15.7. The molecule has 24 heavy (non-hydrogen) atoms. The number of piperidine rings is 1. The third kappa shape index (κ3) is 2.81. The molecule has 1 aliphatic heterocycles. The van der Waals surface area contributed by atoms with Crippen LogP contribution in [0.15, 0.2) is 18.3 Å². The van der Waals surface area contributed by atoms with Crippen molar-refractivity contribution in [2.45, 2.75) is 26.7 Å². The molecular formula is C17H22N4O3. The second kappa shape index (κ2) is 6.51. The van der Waals surface area contributed by atoms with Gasteiger partial charge in [0, 0.05) is 25.2 Å². The molecule has 0 radical (unpaired) electrons. The Morgan fingerprint density at radius 1 is 1.38 bits per heavy atom. The van der Waals surface area contributed by atoms with Gasteiger partial charge in [-0.1, -0.05) is 0 Å². The molecule has 1 saturated heterocycles. The van der Waals surface area contributed by atoms with Gasteiger partial charge in [-0.25, -0.2) is 4.98 Å². The molecule has 1 aliphatic rings. The number of likely N-dealkylation sites (tertiary alicyclic amines) is 1. The summed E-state index contributed by atoms with van der Waals surface area (Å²) in [6, 6.07) is 3.69. The summed E-state index contributed by atoms with van der Waals surface area (Å²) in [6.07, 6.45) is 3.04. The van der Waals surface area contributed by atoms with E-state index in [4.69, 9.17) is 10.5 Å². The molecule has 0 bridgehead atoms. The van der Waals surface area contributed by atoms with Crippen molar-refractivity contribution in [3.63, 3.8) is 0 Å². The largest absolute Gasteiger partial charge is 0.490 e. The summed E-state index contributed by atoms with van der Waals surface area (Å²) >= 11 is 0. The molecule has 2 N–H and O–H groups in total. The van der Waals surface area contributed by atoms with Crippen molar-refractivity contribution in [2.24, 2.45) is 11.7 Å². The first-order chi connectivity index (χ1) is 11.5. The minimum Gasteiger partial charge on any atom is -0.490 e. The summed E-state index contributed by atoms with van der Waals surface area (Å²) in [5.41, 5.74) is 7.22. The number of carbonyl (C=O) groups excluding carboxylic acids is 2. The average molecular weight is 330 g/mol. The first-order valence-corrected chi connectivity index (χ1v) is 8.22. The van der Waals surface area contributed by atoms with Crippen molar-refractivity contribution in [1.82, 2.24) is 14.3 Å². The van der Waals surface area contributed by atoms with Gasteiger partial charge in [0.1, 0.15) is 5.69 Å². The van der Waals surface area contributed by atoms with Crippen LogP contribution in [0, 0.1) is 12.8 Å². The summed E-state index contributed by atoms with van der Waals surface area (Å²) < 4.78 is 7.37. The van der Waals surface area contributed by atoms with Gasteiger partial charge in [0.05, 0.1) is 12.3 Å². The van der Waals surface area contributed by atoms with Crippen LogP contribution in [0.3, 0.4) is 0 Å². The van der Waals surface area contributed by atoms with Crippen LogP contribution < -0.4 is 10.5 Å². The number of ether oxygens (including phenoxy) is 1. The number of aryl methyl sites for hydroxylation is 1. The van der Waals surface area contributed by atoms with E-state index < -0.39 is 0 Å². The predicted octanol–water partition coefficient (Wildman–Crippen LogP) is 1.38. The van der Waals surface area contributed by atoms with E-state index >= 15 is 0 Å². The third-order valence-corrected chi connectivity index (χ3v) is 4.48. The van der Waals surface area contributed by atoms with Gasteiger partial charge in [0.25, 0.3) is 5.91 Å². The van der Waals surface area contributed by atoms with Gasteiger partial charge in [-0.05, 0) is 38.8 Å². The van der Waals surface area contributed by atoms with Crippen molar-refractivity contribution in [1.29, 1.82) is 0 Å². The average Bonchev–Trinajstić information content (AvgIpc) is 2.91. The lowest BCUT2D eigenvalue weighted by atomic mass is 9.96. The number of pyridine rings is 1. The zero-order chi connectivity index (χ0) is 17.3. The van der Waals surface area contributed by atoms with Gasteiger partial charge in [-0.3, -0.25) is 14.0 Å². The number of amides is 2. The van der Waals surface area contributed by atoms with Crippen LogP contribution in [-0.2, 0) is 4.79 Å². The Kier molecular flexibility index (Phi) is 4.42. The Bertz CT molecular complexity index is 775. The van der Waals surface area contributed by atoms with Crippen molar-refractivity contribution >= 4 is 17.5 Å². The molecule has 2 aromatic heterocycles. The minimum absolute atomic E-state index is 0.0726. The molecule has 3 heterocycles. The molecule has 128 valence electrons. The fraction of sp³-hybridized carbons (Fsp3) is 0.471. The highest BCUT2D eigenvalue weighted by atomic mass is 16.5. The number of nitrogens with two attached hydrogens (primary N) is 1. The summed E-state index contributed by atoms with van der Waals surface area (Å²) in [5.74, 6) is 0.169. The molecule has 1 fully saturated rings. The number of rotatable bonds is 4. The lowest BCUT2D eigenvalue weighted by Crippen LogP contribution is -2.42. The fourth-order valence-corrected chi connectivity index (χ4v) is 3.20. The quantitative estimate of drug-likeness (QED) is 0.917. The minimum atomic E-state index is -0.283. The molecule has 0 atom stereocenters. The van der Waals surface area contributed by atoms with Crippen molar-refractivity contribution in [2.75, 3.05) is 19.7 Å². The standard InChI is InChI=1S/C17H22N4O3/c1-3-24-13-5-4-8-21-14(11(2)19-16(13)21)17(23)20-9-6-12(7-10-20)15(18)22/h4-5,8,12H,3,6-7,9-10H2,1-2H3,(H2,18,22). The maximum atomic E-state index is 12.9. The number of aromatic nitrogens is 2. The highest BCUT2D eigenvalue weighted by Crippen LogP contribution is 2.24. The molecule has 0 aliphatic carbocycles. The second-order valence-corrected chi connectivity index (χ2v) is 6.01. The molecule has 0 saturated carbocycles. The maximum Gasteiger partial charge on any atom is 0.272 e. The zero-order valence-electron chi connectivity index (χ0n) is 14.0. The lowest BCUT2D eigenvalue weighted by molar-refractivity contribution is -0.123. The van der Waals surface area contributed by atoms with Gasteiger partial charge in [-0.2, -0.15) is 0 Å². The van der Waals surface area contributed by atoms with Crippen LogP contribution in [0.5, 0.6) is 5.75 Å². The molecule has 2 amide bonds. The first kappa shape index (κ1) is 16.3. The number of hydrogen-bond donors (Lipinski definition) is 1. The van der Waals surface area contributed by atoms with Crippen molar-refractivity contribution in [3.05, 3.63) is 29.7 Å². The third-order valence-electron chi connectivity index (χ3n) is 4.48. The number of carbonyl (C=O) groups is 2. The van der Waals surface area contributed by atoms with E-state index in [2.05, 4.69) is 4.98 Å². The van der Waals surface area contributed by atoms with Gasteiger partial charge in [-0.15, -0.1) is 0 Å². The van der Waals surface area contributed by atoms with E-state index in [9.17, 15) is 9.59 Å². The Hall–Kier alpha value is -2.57. The van der Waals surface area contributed by atoms with E-state index in [1.54, 1.807) is 9.30 Å². The highest BCUT2D eigenvalue weighted by molar-refractivity contribution is 5.95. The van der Waals surface area contributed by atoms with Gasteiger partial charge in [0.2, 0.25) is 5.91 Å². The monoisotopic (exact) mass is 330 g/mol. The van der Waals surface area contributed by atoms with Crippen LogP contribution in [0.25, 0.3) is 5.65 Å². The van der Waals surface area contributed by atoms with Crippen LogP contribution in [0.2, 0.25) is 0 Å². The van der Waals surface area contributed by atoms with Gasteiger partial charge < -0.3 is 15.4 Å². The lowest BCUT2D eigenvalue weighted by Gasteiger charge is -2.30. The molecule has 0 unspecified atom stereocenters. The maximum absolute atomic E-state index is 12.9.